The number of aliphatic hydroxyl groups is 1. The highest BCUT2D eigenvalue weighted by Gasteiger charge is 2.30. The summed E-state index contributed by atoms with van der Waals surface area (Å²) in [7, 11) is 0. The number of rotatable bonds is 14. The molecule has 4 aromatic rings. The summed E-state index contributed by atoms with van der Waals surface area (Å²) in [5, 5.41) is 17.5. The van der Waals surface area contributed by atoms with Gasteiger partial charge in [0.25, 0.3) is 0 Å². The Morgan fingerprint density at radius 2 is 1.64 bits per heavy atom. The minimum Gasteiger partial charge on any atom is -0.487 e. The Bertz CT molecular complexity index is 1320. The van der Waals surface area contributed by atoms with Gasteiger partial charge >= 0.3 is 6.36 Å². The van der Waals surface area contributed by atoms with Crippen LogP contribution in [0.25, 0.3) is 12.2 Å². The molecule has 39 heavy (non-hydrogen) atoms. The first-order valence-corrected chi connectivity index (χ1v) is 12.6. The van der Waals surface area contributed by atoms with E-state index in [-0.39, 0.29) is 19.0 Å². The summed E-state index contributed by atoms with van der Waals surface area (Å²) in [6, 6.07) is 13.4. The van der Waals surface area contributed by atoms with Gasteiger partial charge in [0.15, 0.2) is 0 Å². The number of ether oxygens (including phenoxy) is 2. The minimum absolute atomic E-state index is 0.134. The zero-order chi connectivity index (χ0) is 27.5. The molecule has 2 aromatic heterocycles. The quantitative estimate of drug-likeness (QED) is 0.199. The molecule has 0 radical (unpaired) electrons. The van der Waals surface area contributed by atoms with E-state index >= 15 is 0 Å². The van der Waals surface area contributed by atoms with E-state index in [2.05, 4.69) is 19.9 Å². The van der Waals surface area contributed by atoms with Crippen molar-refractivity contribution in [3.05, 3.63) is 89.4 Å². The van der Waals surface area contributed by atoms with Crippen LogP contribution in [0.15, 0.2) is 65.4 Å². The van der Waals surface area contributed by atoms with Gasteiger partial charge < -0.3 is 19.0 Å². The Balaban J connectivity index is 1.16. The molecule has 0 aliphatic heterocycles. The monoisotopic (exact) mass is 542 g/mol. The zero-order valence-corrected chi connectivity index (χ0v) is 21.2. The number of aliphatic hydroxyl groups excluding tert-OH is 1. The van der Waals surface area contributed by atoms with Gasteiger partial charge in [-0.2, -0.15) is 15.0 Å². The molecule has 8 nitrogen and oxygen atoms in total. The van der Waals surface area contributed by atoms with Gasteiger partial charge in [-0.25, -0.2) is 4.98 Å². The number of aryl methyl sites for hydroxylation is 3. The Kier molecular flexibility index (Phi) is 9.74. The van der Waals surface area contributed by atoms with Gasteiger partial charge in [0.1, 0.15) is 30.1 Å². The average molecular weight is 543 g/mol. The number of oxazole rings is 1. The lowest BCUT2D eigenvalue weighted by Crippen LogP contribution is -2.16. The van der Waals surface area contributed by atoms with E-state index in [1.165, 1.54) is 36.1 Å². The van der Waals surface area contributed by atoms with Crippen LogP contribution in [-0.2, 0) is 26.0 Å². The number of unbranched alkanes of at least 4 members (excludes halogenated alkanes) is 1. The van der Waals surface area contributed by atoms with E-state index in [9.17, 15) is 13.2 Å². The minimum atomic E-state index is -4.72. The van der Waals surface area contributed by atoms with Crippen LogP contribution >= 0.6 is 0 Å². The fraction of sp³-hybridized carbons (Fsp3) is 0.321. The third-order valence-corrected chi connectivity index (χ3v) is 5.66. The van der Waals surface area contributed by atoms with E-state index < -0.39 is 6.36 Å². The third-order valence-electron chi connectivity index (χ3n) is 5.66. The normalized spacial score (nSPS) is 11.8. The Morgan fingerprint density at radius 3 is 2.38 bits per heavy atom. The number of nitrogens with zero attached hydrogens (tertiary/aromatic N) is 4. The van der Waals surface area contributed by atoms with Gasteiger partial charge in [-0.05, 0) is 73.6 Å². The van der Waals surface area contributed by atoms with Crippen molar-refractivity contribution in [2.24, 2.45) is 0 Å². The predicted molar refractivity (Wildman–Crippen MR) is 138 cm³/mol. The molecule has 0 fully saturated rings. The second-order valence-corrected chi connectivity index (χ2v) is 8.78. The highest BCUT2D eigenvalue weighted by atomic mass is 19.4. The van der Waals surface area contributed by atoms with Crippen LogP contribution in [0.2, 0.25) is 0 Å². The second-order valence-electron chi connectivity index (χ2n) is 8.78. The fourth-order valence-corrected chi connectivity index (χ4v) is 3.73. The molecule has 0 spiro atoms. The molecule has 0 saturated carbocycles. The van der Waals surface area contributed by atoms with E-state index in [0.717, 1.165) is 37.1 Å². The molecule has 2 aromatic carbocycles. The van der Waals surface area contributed by atoms with Crippen molar-refractivity contribution >= 4 is 12.2 Å². The molecule has 11 heteroatoms. The molecular formula is C28H29F3N4O4. The van der Waals surface area contributed by atoms with E-state index in [1.54, 1.807) is 23.1 Å². The number of halogens is 3. The van der Waals surface area contributed by atoms with E-state index in [1.807, 2.05) is 24.3 Å². The number of hydrogen-bond donors (Lipinski definition) is 1. The molecule has 0 saturated heterocycles. The van der Waals surface area contributed by atoms with Gasteiger partial charge in [0.2, 0.25) is 5.89 Å². The molecule has 0 amide bonds. The standard InChI is InChI=1S/C28H29F3N4O4/c29-28(30,31)39-26-13-8-22(9-14-26)10-15-27-33-24(20-38-27)19-37-25-11-6-21(7-12-25)4-1-2-5-23-18-32-35(34-23)16-3-17-36/h6-15,18,20,36H,1-5,16-17,19H2. The molecule has 0 unspecified atom stereocenters. The number of hydrogen-bond acceptors (Lipinski definition) is 7. The summed E-state index contributed by atoms with van der Waals surface area (Å²) in [5.41, 5.74) is 3.47. The maximum atomic E-state index is 12.3. The lowest BCUT2D eigenvalue weighted by Gasteiger charge is -2.08. The second kappa shape index (κ2) is 13.6. The lowest BCUT2D eigenvalue weighted by molar-refractivity contribution is -0.274. The van der Waals surface area contributed by atoms with Crippen LogP contribution in [0.5, 0.6) is 11.5 Å². The summed E-state index contributed by atoms with van der Waals surface area (Å²) in [4.78, 5) is 5.97. The third kappa shape index (κ3) is 9.60. The van der Waals surface area contributed by atoms with Crippen molar-refractivity contribution in [1.82, 2.24) is 20.0 Å². The number of alkyl halides is 3. The van der Waals surface area contributed by atoms with Crippen molar-refractivity contribution in [3.63, 3.8) is 0 Å². The summed E-state index contributed by atoms with van der Waals surface area (Å²) in [6.07, 6.45) is 6.39. The molecule has 0 atom stereocenters. The van der Waals surface area contributed by atoms with Crippen molar-refractivity contribution < 1.29 is 32.2 Å². The predicted octanol–water partition coefficient (Wildman–Crippen LogP) is 5.86. The van der Waals surface area contributed by atoms with Crippen LogP contribution in [0.4, 0.5) is 13.2 Å². The lowest BCUT2D eigenvalue weighted by atomic mass is 10.1. The molecule has 2 heterocycles. The molecule has 0 aliphatic carbocycles. The zero-order valence-electron chi connectivity index (χ0n) is 21.2. The molecule has 4 rings (SSSR count). The Morgan fingerprint density at radius 1 is 0.897 bits per heavy atom. The summed E-state index contributed by atoms with van der Waals surface area (Å²) >= 11 is 0. The van der Waals surface area contributed by atoms with Crippen molar-refractivity contribution in [2.75, 3.05) is 6.61 Å². The van der Waals surface area contributed by atoms with Gasteiger partial charge in [0, 0.05) is 12.7 Å². The summed E-state index contributed by atoms with van der Waals surface area (Å²) in [5.74, 6) is 0.795. The number of benzene rings is 2. The van der Waals surface area contributed by atoms with Crippen LogP contribution in [-0.4, -0.2) is 38.1 Å². The SMILES string of the molecule is OCCCn1ncc(CCCCc2ccc(OCc3coc(C=Cc4ccc(OC(F)(F)F)cc4)n3)cc2)n1. The topological polar surface area (TPSA) is 95.4 Å². The fourth-order valence-electron chi connectivity index (χ4n) is 3.73. The molecule has 0 bridgehead atoms. The smallest absolute Gasteiger partial charge is 0.487 e. The Hall–Kier alpha value is -4.12. The first-order chi connectivity index (χ1) is 18.9. The van der Waals surface area contributed by atoms with E-state index in [0.29, 0.717) is 30.1 Å². The Labute approximate surface area is 223 Å². The number of aromatic nitrogens is 4. The van der Waals surface area contributed by atoms with Crippen LogP contribution in [0.1, 0.15) is 47.7 Å². The van der Waals surface area contributed by atoms with Crippen molar-refractivity contribution in [1.29, 1.82) is 0 Å². The van der Waals surface area contributed by atoms with Crippen molar-refractivity contribution in [2.45, 2.75) is 51.6 Å². The molecule has 1 N–H and O–H groups in total. The summed E-state index contributed by atoms with van der Waals surface area (Å²) < 4.78 is 51.9. The maximum Gasteiger partial charge on any atom is 0.573 e. The first-order valence-electron chi connectivity index (χ1n) is 12.6. The van der Waals surface area contributed by atoms with Gasteiger partial charge in [-0.1, -0.05) is 24.3 Å². The largest absolute Gasteiger partial charge is 0.573 e. The molecule has 0 aliphatic rings. The van der Waals surface area contributed by atoms with Crippen LogP contribution in [0, 0.1) is 0 Å². The maximum absolute atomic E-state index is 12.3. The summed E-state index contributed by atoms with van der Waals surface area (Å²) in [6.45, 7) is 0.999. The van der Waals surface area contributed by atoms with Gasteiger partial charge in [-0.15, -0.1) is 13.2 Å². The van der Waals surface area contributed by atoms with E-state index in [4.69, 9.17) is 14.3 Å². The highest BCUT2D eigenvalue weighted by molar-refractivity contribution is 5.66. The highest BCUT2D eigenvalue weighted by Crippen LogP contribution is 2.23. The van der Waals surface area contributed by atoms with Crippen LogP contribution in [0.3, 0.4) is 0 Å². The molecular weight excluding hydrogens is 513 g/mol. The average Bonchev–Trinajstić information content (AvgIpc) is 3.57. The van der Waals surface area contributed by atoms with Crippen molar-refractivity contribution in [3.8, 4) is 11.5 Å². The van der Waals surface area contributed by atoms with Gasteiger partial charge in [0.05, 0.1) is 18.4 Å². The first kappa shape index (κ1) is 27.9. The molecule has 206 valence electrons. The van der Waals surface area contributed by atoms with Gasteiger partial charge in [-0.3, -0.25) is 0 Å². The van der Waals surface area contributed by atoms with Crippen LogP contribution < -0.4 is 9.47 Å².